The molecule has 0 fully saturated rings. The number of hydrogen-bond donors (Lipinski definition) is 3. The van der Waals surface area contributed by atoms with Crippen molar-refractivity contribution >= 4 is 40.6 Å². The molecule has 0 bridgehead atoms. The average Bonchev–Trinajstić information content (AvgIpc) is 2.47. The summed E-state index contributed by atoms with van der Waals surface area (Å²) < 4.78 is 4.82. The second-order valence-corrected chi connectivity index (χ2v) is 6.00. The van der Waals surface area contributed by atoms with Crippen molar-refractivity contribution in [2.45, 2.75) is 45.7 Å². The number of carboxylic acids is 1. The maximum absolute atomic E-state index is 11.9. The Morgan fingerprint density at radius 3 is 2.17 bits per heavy atom. The van der Waals surface area contributed by atoms with E-state index in [1.165, 1.54) is 13.8 Å². The molecular formula is C14H22N2O7S. The Morgan fingerprint density at radius 2 is 1.71 bits per heavy atom. The van der Waals surface area contributed by atoms with Gasteiger partial charge in [-0.3, -0.25) is 14.4 Å². The number of nitrogens with one attached hydrogen (secondary N) is 2. The molecule has 9 nitrogen and oxygen atoms in total. The number of carboxylic acid groups (broad SMARTS) is 1. The molecule has 0 saturated heterocycles. The van der Waals surface area contributed by atoms with Gasteiger partial charge in [0, 0.05) is 26.0 Å². The van der Waals surface area contributed by atoms with Crippen LogP contribution in [0.25, 0.3) is 0 Å². The Bertz CT molecular complexity index is 496. The topological polar surface area (TPSA) is 139 Å². The molecule has 0 radical (unpaired) electrons. The third-order valence-corrected chi connectivity index (χ3v) is 3.60. The Kier molecular flexibility index (Phi) is 10.4. The smallest absolute Gasteiger partial charge is 0.329 e. The zero-order valence-electron chi connectivity index (χ0n) is 13.8. The van der Waals surface area contributed by atoms with Gasteiger partial charge in [0.25, 0.3) is 0 Å². The Morgan fingerprint density at radius 1 is 1.08 bits per heavy atom. The van der Waals surface area contributed by atoms with Crippen LogP contribution >= 0.6 is 11.8 Å². The minimum absolute atomic E-state index is 0.0218. The molecule has 3 N–H and O–H groups in total. The molecule has 0 heterocycles. The molecule has 0 aromatic heterocycles. The second kappa shape index (κ2) is 11.4. The van der Waals surface area contributed by atoms with Crippen LogP contribution in [0.15, 0.2) is 0 Å². The fourth-order valence-electron chi connectivity index (χ4n) is 1.66. The van der Waals surface area contributed by atoms with Crippen molar-refractivity contribution in [1.82, 2.24) is 10.6 Å². The van der Waals surface area contributed by atoms with Crippen molar-refractivity contribution in [3.05, 3.63) is 0 Å². The number of esters is 1. The van der Waals surface area contributed by atoms with Gasteiger partial charge in [-0.2, -0.15) is 0 Å². The van der Waals surface area contributed by atoms with Crippen molar-refractivity contribution in [3.63, 3.8) is 0 Å². The summed E-state index contributed by atoms with van der Waals surface area (Å²) >= 11 is 0.868. The van der Waals surface area contributed by atoms with E-state index in [0.717, 1.165) is 11.8 Å². The summed E-state index contributed by atoms with van der Waals surface area (Å²) in [6.45, 7) is 4.24. The minimum Gasteiger partial charge on any atom is -0.480 e. The van der Waals surface area contributed by atoms with Crippen LogP contribution in [0, 0.1) is 0 Å². The number of carbonyl (C=O) groups excluding carboxylic acids is 4. The molecule has 2 atom stereocenters. The summed E-state index contributed by atoms with van der Waals surface area (Å²) in [7, 11) is 0. The van der Waals surface area contributed by atoms with Gasteiger partial charge >= 0.3 is 11.9 Å². The predicted molar refractivity (Wildman–Crippen MR) is 86.2 cm³/mol. The van der Waals surface area contributed by atoms with Crippen LogP contribution in [0.1, 0.15) is 33.6 Å². The first-order chi connectivity index (χ1) is 11.2. The van der Waals surface area contributed by atoms with Crippen LogP contribution in [-0.2, 0) is 28.7 Å². The summed E-state index contributed by atoms with van der Waals surface area (Å²) in [5.74, 6) is -3.00. The van der Waals surface area contributed by atoms with Crippen LogP contribution in [0.2, 0.25) is 0 Å². The average molecular weight is 362 g/mol. The quantitative estimate of drug-likeness (QED) is 0.450. The third-order valence-electron chi connectivity index (χ3n) is 2.70. The molecule has 0 aliphatic heterocycles. The monoisotopic (exact) mass is 362 g/mol. The molecule has 0 aromatic carbocycles. The maximum Gasteiger partial charge on any atom is 0.329 e. The number of carbonyl (C=O) groups is 5. The highest BCUT2D eigenvalue weighted by Gasteiger charge is 2.24. The summed E-state index contributed by atoms with van der Waals surface area (Å²) in [5, 5.41) is 13.4. The molecule has 0 rings (SSSR count). The Hall–Kier alpha value is -2.10. The molecule has 2 amide bonds. The van der Waals surface area contributed by atoms with Crippen molar-refractivity contribution in [1.29, 1.82) is 0 Å². The molecule has 0 spiro atoms. The van der Waals surface area contributed by atoms with E-state index >= 15 is 0 Å². The van der Waals surface area contributed by atoms with Crippen molar-refractivity contribution in [2.75, 3.05) is 12.4 Å². The second-order valence-electron chi connectivity index (χ2n) is 4.80. The highest BCUT2D eigenvalue weighted by molar-refractivity contribution is 8.13. The zero-order valence-corrected chi connectivity index (χ0v) is 14.6. The lowest BCUT2D eigenvalue weighted by Gasteiger charge is -2.17. The molecule has 24 heavy (non-hydrogen) atoms. The Labute approximate surface area is 143 Å². The van der Waals surface area contributed by atoms with E-state index in [2.05, 4.69) is 10.6 Å². The number of rotatable bonds is 10. The summed E-state index contributed by atoms with van der Waals surface area (Å²) in [5.41, 5.74) is 0. The van der Waals surface area contributed by atoms with Gasteiger partial charge in [-0.05, 0) is 13.3 Å². The first-order valence-electron chi connectivity index (χ1n) is 7.26. The van der Waals surface area contributed by atoms with Gasteiger partial charge in [0.05, 0.1) is 6.61 Å². The van der Waals surface area contributed by atoms with Crippen LogP contribution in [0.3, 0.4) is 0 Å². The molecule has 10 heteroatoms. The van der Waals surface area contributed by atoms with Crippen molar-refractivity contribution in [2.24, 2.45) is 0 Å². The van der Waals surface area contributed by atoms with E-state index in [0.29, 0.717) is 0 Å². The number of aliphatic carboxylic acids is 1. The fourth-order valence-corrected chi connectivity index (χ4v) is 2.28. The van der Waals surface area contributed by atoms with E-state index in [1.54, 1.807) is 6.92 Å². The summed E-state index contributed by atoms with van der Waals surface area (Å²) in [4.78, 5) is 56.6. The molecule has 0 aliphatic carbocycles. The van der Waals surface area contributed by atoms with Crippen molar-refractivity contribution < 1.29 is 33.8 Å². The molecule has 0 unspecified atom stereocenters. The molecule has 136 valence electrons. The molecular weight excluding hydrogens is 340 g/mol. The normalized spacial score (nSPS) is 12.6. The van der Waals surface area contributed by atoms with Gasteiger partial charge < -0.3 is 20.5 Å². The van der Waals surface area contributed by atoms with E-state index in [-0.39, 0.29) is 30.3 Å². The fraction of sp³-hybridized carbons (Fsp3) is 0.643. The summed E-state index contributed by atoms with van der Waals surface area (Å²) in [6, 6.07) is -2.20. The van der Waals surface area contributed by atoms with E-state index in [9.17, 15) is 24.0 Å². The standard InChI is InChI=1S/C14H22N2O7S/c1-4-23-14(22)11(7-24-9(3)18)16-12(19)6-5-10(13(20)21)15-8(2)17/h10-11H,4-7H2,1-3H3,(H,15,17)(H,16,19)(H,20,21)/t10-,11-/m0/s1. The third kappa shape index (κ3) is 9.82. The van der Waals surface area contributed by atoms with Crippen LogP contribution in [0.4, 0.5) is 0 Å². The number of amides is 2. The first-order valence-corrected chi connectivity index (χ1v) is 8.25. The first kappa shape index (κ1) is 21.9. The SMILES string of the molecule is CCOC(=O)[C@H](CSC(C)=O)NC(=O)CC[C@H](NC(C)=O)C(=O)O. The van der Waals surface area contributed by atoms with E-state index in [1.807, 2.05) is 0 Å². The van der Waals surface area contributed by atoms with E-state index in [4.69, 9.17) is 9.84 Å². The highest BCUT2D eigenvalue weighted by atomic mass is 32.2. The lowest BCUT2D eigenvalue weighted by atomic mass is 10.1. The maximum atomic E-state index is 11.9. The molecule has 0 aromatic rings. The van der Waals surface area contributed by atoms with Gasteiger partial charge in [-0.1, -0.05) is 11.8 Å². The van der Waals surface area contributed by atoms with Gasteiger partial charge in [0.1, 0.15) is 12.1 Å². The van der Waals surface area contributed by atoms with Crippen LogP contribution < -0.4 is 10.6 Å². The lowest BCUT2D eigenvalue weighted by Crippen LogP contribution is -2.45. The number of ether oxygens (including phenoxy) is 1. The minimum atomic E-state index is -1.26. The predicted octanol–water partition coefficient (Wildman–Crippen LogP) is -0.316. The van der Waals surface area contributed by atoms with Crippen LogP contribution in [-0.4, -0.2) is 58.4 Å². The highest BCUT2D eigenvalue weighted by Crippen LogP contribution is 2.07. The van der Waals surface area contributed by atoms with Crippen molar-refractivity contribution in [3.8, 4) is 0 Å². The molecule has 0 aliphatic rings. The van der Waals surface area contributed by atoms with Gasteiger partial charge in [-0.25, -0.2) is 9.59 Å². The lowest BCUT2D eigenvalue weighted by molar-refractivity contribution is -0.147. The molecule has 0 saturated carbocycles. The Balaban J connectivity index is 4.62. The van der Waals surface area contributed by atoms with Gasteiger partial charge in [0.2, 0.25) is 11.8 Å². The van der Waals surface area contributed by atoms with Crippen LogP contribution in [0.5, 0.6) is 0 Å². The number of hydrogen-bond acceptors (Lipinski definition) is 7. The van der Waals surface area contributed by atoms with E-state index < -0.39 is 35.8 Å². The van der Waals surface area contributed by atoms with Gasteiger partial charge in [0.15, 0.2) is 5.12 Å². The summed E-state index contributed by atoms with van der Waals surface area (Å²) in [6.07, 6.45) is -0.339. The van der Waals surface area contributed by atoms with Gasteiger partial charge in [-0.15, -0.1) is 0 Å². The zero-order chi connectivity index (χ0) is 18.7. The largest absolute Gasteiger partial charge is 0.480 e. The number of thioether (sulfide) groups is 1.